The number of carboxylic acid groups (broad SMARTS) is 3. The van der Waals surface area contributed by atoms with Crippen LogP contribution >= 0.6 is 0 Å². The molecule has 2 saturated heterocycles. The molecule has 372 valence electrons. The molecule has 2 fully saturated rings. The number of esters is 3. The van der Waals surface area contributed by atoms with E-state index in [1.165, 1.54) is 4.90 Å². The maximum atomic E-state index is 13.0. The Bertz CT molecular complexity index is 1850. The van der Waals surface area contributed by atoms with Gasteiger partial charge in [0.05, 0.1) is 31.9 Å². The predicted octanol–water partition coefficient (Wildman–Crippen LogP) is 3.40. The van der Waals surface area contributed by atoms with E-state index in [1.54, 1.807) is 46.4 Å². The molecule has 6 atom stereocenters. The molecular formula is C48H70N4O15. The first kappa shape index (κ1) is 58.8. The number of amides is 2. The first-order valence-electron chi connectivity index (χ1n) is 22.6. The Morgan fingerprint density at radius 2 is 0.970 bits per heavy atom. The second-order valence-electron chi connectivity index (χ2n) is 15.2. The van der Waals surface area contributed by atoms with Crippen LogP contribution in [0.5, 0.6) is 0 Å². The fraction of sp³-hybridized carbons (Fsp3) is 0.542. The highest BCUT2D eigenvalue weighted by atomic mass is 16.5. The van der Waals surface area contributed by atoms with Crippen molar-refractivity contribution >= 4 is 47.6 Å². The van der Waals surface area contributed by atoms with Crippen LogP contribution in [-0.2, 0) is 65.4 Å². The molecule has 0 spiro atoms. The number of aliphatic hydroxyl groups excluding tert-OH is 1. The van der Waals surface area contributed by atoms with Gasteiger partial charge < -0.3 is 44.4 Å². The number of carboxylic acids is 3. The molecule has 2 aromatic carbocycles. The minimum Gasteiger partial charge on any atom is -0.480 e. The normalized spacial score (nSPS) is 16.8. The summed E-state index contributed by atoms with van der Waals surface area (Å²) in [6.45, 7) is 12.3. The van der Waals surface area contributed by atoms with E-state index in [1.807, 2.05) is 60.7 Å². The number of carbonyl (C=O) groups excluding carboxylic acids is 5. The number of likely N-dealkylation sites (tertiary alicyclic amines) is 2. The minimum atomic E-state index is -1.26. The van der Waals surface area contributed by atoms with Crippen molar-refractivity contribution in [3.05, 3.63) is 83.9 Å². The SMILES string of the molecule is CCO.CCOC(=O)[C@H](CCc1ccccc1)N[C@@H](C)C(=O)N1CCC[C@H]1C(=O)O.CCOC(=O)[C@H](CCc1ccccc1)N[C@@H](C)C(=O)N1CCC[C@H]1C(=O)OCC.O=C(O)/C=C\C(=O)O. The molecule has 0 radical (unpaired) electrons. The highest BCUT2D eigenvalue weighted by Crippen LogP contribution is 2.21. The molecule has 67 heavy (non-hydrogen) atoms. The third kappa shape index (κ3) is 22.7. The molecule has 2 aromatic rings. The monoisotopic (exact) mass is 942 g/mol. The van der Waals surface area contributed by atoms with Gasteiger partial charge in [0.2, 0.25) is 11.8 Å². The van der Waals surface area contributed by atoms with Gasteiger partial charge in [-0.1, -0.05) is 60.7 Å². The maximum absolute atomic E-state index is 13.0. The lowest BCUT2D eigenvalue weighted by molar-refractivity contribution is -0.154. The van der Waals surface area contributed by atoms with Crippen LogP contribution < -0.4 is 10.6 Å². The third-order valence-corrected chi connectivity index (χ3v) is 10.2. The van der Waals surface area contributed by atoms with Gasteiger partial charge in [0, 0.05) is 31.8 Å². The van der Waals surface area contributed by atoms with E-state index < -0.39 is 60.1 Å². The van der Waals surface area contributed by atoms with E-state index in [-0.39, 0.29) is 50.2 Å². The van der Waals surface area contributed by atoms with Crippen molar-refractivity contribution in [3.63, 3.8) is 0 Å². The van der Waals surface area contributed by atoms with E-state index in [0.717, 1.165) is 17.5 Å². The average molecular weight is 943 g/mol. The molecule has 19 nitrogen and oxygen atoms in total. The Kier molecular flexibility index (Phi) is 29.3. The van der Waals surface area contributed by atoms with Gasteiger partial charge in [-0.05, 0) is 104 Å². The predicted molar refractivity (Wildman–Crippen MR) is 246 cm³/mol. The van der Waals surface area contributed by atoms with Crippen LogP contribution in [0.25, 0.3) is 0 Å². The summed E-state index contributed by atoms with van der Waals surface area (Å²) >= 11 is 0. The molecule has 0 bridgehead atoms. The number of nitrogens with zero attached hydrogens (tertiary/aromatic N) is 2. The topological polar surface area (TPSA) is 276 Å². The van der Waals surface area contributed by atoms with Crippen LogP contribution in [0, 0.1) is 0 Å². The zero-order chi connectivity index (χ0) is 50.3. The number of rotatable bonds is 21. The molecule has 0 saturated carbocycles. The Morgan fingerprint density at radius 1 is 0.612 bits per heavy atom. The van der Waals surface area contributed by atoms with Crippen molar-refractivity contribution in [2.24, 2.45) is 0 Å². The molecular weight excluding hydrogens is 873 g/mol. The average Bonchev–Trinajstić information content (AvgIpc) is 4.01. The van der Waals surface area contributed by atoms with Crippen LogP contribution in [0.3, 0.4) is 0 Å². The van der Waals surface area contributed by atoms with E-state index in [0.29, 0.717) is 70.2 Å². The van der Waals surface area contributed by atoms with Crippen molar-refractivity contribution in [1.29, 1.82) is 0 Å². The molecule has 19 heteroatoms. The minimum absolute atomic E-state index is 0.199. The summed E-state index contributed by atoms with van der Waals surface area (Å²) in [7, 11) is 0. The quantitative estimate of drug-likeness (QED) is 0.0594. The molecule has 0 unspecified atom stereocenters. The number of carbonyl (C=O) groups is 8. The Labute approximate surface area is 392 Å². The number of benzene rings is 2. The van der Waals surface area contributed by atoms with Gasteiger partial charge in [-0.15, -0.1) is 0 Å². The fourth-order valence-electron chi connectivity index (χ4n) is 7.12. The zero-order valence-corrected chi connectivity index (χ0v) is 39.5. The van der Waals surface area contributed by atoms with E-state index in [9.17, 15) is 43.5 Å². The highest BCUT2D eigenvalue weighted by molar-refractivity contribution is 5.90. The maximum Gasteiger partial charge on any atom is 0.328 e. The number of hydrogen-bond acceptors (Lipinski definition) is 14. The summed E-state index contributed by atoms with van der Waals surface area (Å²) in [6, 6.07) is 15.8. The summed E-state index contributed by atoms with van der Waals surface area (Å²) in [5.41, 5.74) is 2.21. The molecule has 2 aliphatic rings. The first-order chi connectivity index (χ1) is 31.9. The van der Waals surface area contributed by atoms with Crippen molar-refractivity contribution in [2.45, 2.75) is 129 Å². The summed E-state index contributed by atoms with van der Waals surface area (Å²) in [4.78, 5) is 95.9. The number of aliphatic hydroxyl groups is 1. The molecule has 0 aromatic heterocycles. The number of nitrogens with one attached hydrogen (secondary N) is 2. The van der Waals surface area contributed by atoms with Crippen LogP contribution in [0.15, 0.2) is 72.8 Å². The van der Waals surface area contributed by atoms with Crippen LogP contribution in [0.1, 0.15) is 91.2 Å². The second-order valence-corrected chi connectivity index (χ2v) is 15.2. The van der Waals surface area contributed by atoms with Crippen LogP contribution in [0.4, 0.5) is 0 Å². The lowest BCUT2D eigenvalue weighted by Gasteiger charge is -2.28. The van der Waals surface area contributed by atoms with E-state index >= 15 is 0 Å². The first-order valence-corrected chi connectivity index (χ1v) is 22.6. The molecule has 2 aliphatic heterocycles. The van der Waals surface area contributed by atoms with Crippen molar-refractivity contribution < 1.29 is 73.0 Å². The molecule has 2 amide bonds. The zero-order valence-electron chi connectivity index (χ0n) is 39.5. The third-order valence-electron chi connectivity index (χ3n) is 10.2. The summed E-state index contributed by atoms with van der Waals surface area (Å²) in [5, 5.41) is 38.6. The van der Waals surface area contributed by atoms with E-state index in [4.69, 9.17) is 29.5 Å². The van der Waals surface area contributed by atoms with Gasteiger partial charge >= 0.3 is 35.8 Å². The molecule has 0 aliphatic carbocycles. The summed E-state index contributed by atoms with van der Waals surface area (Å²) in [5.74, 6) is -5.13. The van der Waals surface area contributed by atoms with Gasteiger partial charge in [0.15, 0.2) is 0 Å². The Balaban J connectivity index is 0.000000549. The number of hydrogen-bond donors (Lipinski definition) is 6. The van der Waals surface area contributed by atoms with Crippen LogP contribution in [-0.4, -0.2) is 154 Å². The van der Waals surface area contributed by atoms with Crippen molar-refractivity contribution in [2.75, 3.05) is 39.5 Å². The Morgan fingerprint density at radius 3 is 1.31 bits per heavy atom. The Hall–Kier alpha value is -6.18. The summed E-state index contributed by atoms with van der Waals surface area (Å²) < 4.78 is 15.4. The van der Waals surface area contributed by atoms with Crippen LogP contribution in [0.2, 0.25) is 0 Å². The fourth-order valence-corrected chi connectivity index (χ4v) is 7.12. The highest BCUT2D eigenvalue weighted by Gasteiger charge is 2.39. The number of aryl methyl sites for hydroxylation is 2. The molecule has 2 heterocycles. The van der Waals surface area contributed by atoms with Crippen molar-refractivity contribution in [1.82, 2.24) is 20.4 Å². The van der Waals surface area contributed by atoms with Gasteiger partial charge in [-0.2, -0.15) is 0 Å². The standard InChI is InChI=1S/C22H32N2O5.C20H28N2O5.C4H4O4.C2H6O/c1-4-28-21(26)18(14-13-17-10-7-6-8-11-17)23-16(3)20(25)24-15-9-12-19(24)22(27)29-5-2;1-3-27-20(26)16(12-11-15-8-5-4-6-9-15)21-14(2)18(23)22-13-7-10-17(22)19(24)25;5-3(6)1-2-4(7)8;1-2-3/h6-8,10-11,16,18-19,23H,4-5,9,12-15H2,1-3H3;4-6,8-9,14,16-17,21H,3,7,10-13H2,1-2H3,(H,24,25);1-2H,(H,5,6)(H,7,8);3H,2H2,1H3/b;;2-1-;/t16-,18-,19-;14-,16-,17-;;/m00../s1. The van der Waals surface area contributed by atoms with Gasteiger partial charge in [0.1, 0.15) is 24.2 Å². The number of ether oxygens (including phenoxy) is 3. The molecule has 4 rings (SSSR count). The summed E-state index contributed by atoms with van der Waals surface area (Å²) in [6.07, 6.45) is 5.97. The lowest BCUT2D eigenvalue weighted by Crippen LogP contribution is -2.53. The smallest absolute Gasteiger partial charge is 0.328 e. The van der Waals surface area contributed by atoms with Gasteiger partial charge in [-0.3, -0.25) is 29.8 Å². The van der Waals surface area contributed by atoms with Gasteiger partial charge in [-0.25, -0.2) is 19.2 Å². The largest absolute Gasteiger partial charge is 0.480 e. The van der Waals surface area contributed by atoms with Gasteiger partial charge in [0.25, 0.3) is 0 Å². The number of aliphatic carboxylic acids is 3. The van der Waals surface area contributed by atoms with E-state index in [2.05, 4.69) is 10.6 Å². The molecule has 6 N–H and O–H groups in total. The lowest BCUT2D eigenvalue weighted by atomic mass is 10.0. The second kappa shape index (κ2) is 33.3. The van der Waals surface area contributed by atoms with Crippen molar-refractivity contribution in [3.8, 4) is 0 Å².